The van der Waals surface area contributed by atoms with Crippen LogP contribution in [0.3, 0.4) is 0 Å². The van der Waals surface area contributed by atoms with Gasteiger partial charge in [-0.1, -0.05) is 0 Å². The summed E-state index contributed by atoms with van der Waals surface area (Å²) < 4.78 is 9.87. The molecule has 0 aromatic carbocycles. The van der Waals surface area contributed by atoms with Gasteiger partial charge in [-0.3, -0.25) is 14.6 Å². The zero-order valence-electron chi connectivity index (χ0n) is 15.0. The molecule has 2 amide bonds. The Hall–Kier alpha value is -1.83. The van der Waals surface area contributed by atoms with Crippen molar-refractivity contribution in [2.75, 3.05) is 26.7 Å². The van der Waals surface area contributed by atoms with Crippen LogP contribution in [0.25, 0.3) is 0 Å². The van der Waals surface area contributed by atoms with Crippen LogP contribution in [-0.2, 0) is 19.1 Å². The summed E-state index contributed by atoms with van der Waals surface area (Å²) in [6.45, 7) is 6.72. The van der Waals surface area contributed by atoms with E-state index in [1.807, 2.05) is 20.8 Å². The van der Waals surface area contributed by atoms with Crippen LogP contribution in [-0.4, -0.2) is 60.2 Å². The molecular formula is C16H29N3O5. The second-order valence-electron chi connectivity index (χ2n) is 6.95. The van der Waals surface area contributed by atoms with E-state index in [0.29, 0.717) is 38.9 Å². The summed E-state index contributed by atoms with van der Waals surface area (Å²) in [5.74, 6) is 5.11. The van der Waals surface area contributed by atoms with E-state index in [-0.39, 0.29) is 30.3 Å². The maximum absolute atomic E-state index is 12.3. The van der Waals surface area contributed by atoms with Crippen molar-refractivity contribution in [3.63, 3.8) is 0 Å². The number of likely N-dealkylation sites (tertiary alicyclic amines) is 1. The van der Waals surface area contributed by atoms with Gasteiger partial charge in [0, 0.05) is 32.0 Å². The lowest BCUT2D eigenvalue weighted by molar-refractivity contribution is -0.142. The van der Waals surface area contributed by atoms with E-state index in [9.17, 15) is 14.4 Å². The SMILES string of the molecule is COC(=O)CCCN(N)C(=O)C1CCN(C(=O)OC(C)(C)C)CC1. The minimum absolute atomic E-state index is 0.149. The highest BCUT2D eigenvalue weighted by atomic mass is 16.6. The average molecular weight is 343 g/mol. The number of piperidine rings is 1. The Labute approximate surface area is 143 Å². The number of hydrazine groups is 1. The Balaban J connectivity index is 2.37. The fourth-order valence-electron chi connectivity index (χ4n) is 2.48. The van der Waals surface area contributed by atoms with E-state index < -0.39 is 5.60 Å². The van der Waals surface area contributed by atoms with Gasteiger partial charge in [0.25, 0.3) is 0 Å². The Morgan fingerprint density at radius 3 is 2.29 bits per heavy atom. The molecule has 0 saturated carbocycles. The quantitative estimate of drug-likeness (QED) is 0.349. The lowest BCUT2D eigenvalue weighted by Gasteiger charge is -2.34. The minimum Gasteiger partial charge on any atom is -0.469 e. The van der Waals surface area contributed by atoms with Crippen molar-refractivity contribution < 1.29 is 23.9 Å². The summed E-state index contributed by atoms with van der Waals surface area (Å²) in [4.78, 5) is 37.0. The normalized spacial score (nSPS) is 15.8. The van der Waals surface area contributed by atoms with Gasteiger partial charge in [-0.25, -0.2) is 10.6 Å². The smallest absolute Gasteiger partial charge is 0.410 e. The Morgan fingerprint density at radius 2 is 1.79 bits per heavy atom. The molecule has 0 aromatic rings. The first-order chi connectivity index (χ1) is 11.1. The van der Waals surface area contributed by atoms with Gasteiger partial charge in [0.1, 0.15) is 5.60 Å². The van der Waals surface area contributed by atoms with E-state index >= 15 is 0 Å². The number of carbonyl (C=O) groups excluding carboxylic acids is 3. The first kappa shape index (κ1) is 20.2. The number of hydrogen-bond acceptors (Lipinski definition) is 6. The summed E-state index contributed by atoms with van der Waals surface area (Å²) in [6, 6.07) is 0. The predicted octanol–water partition coefficient (Wildman–Crippen LogP) is 1.29. The van der Waals surface area contributed by atoms with Crippen molar-refractivity contribution in [2.24, 2.45) is 11.8 Å². The summed E-state index contributed by atoms with van der Waals surface area (Å²) in [5.41, 5.74) is -0.530. The molecule has 24 heavy (non-hydrogen) atoms. The molecule has 0 aromatic heterocycles. The Morgan fingerprint density at radius 1 is 1.21 bits per heavy atom. The van der Waals surface area contributed by atoms with Gasteiger partial charge in [-0.15, -0.1) is 0 Å². The maximum Gasteiger partial charge on any atom is 0.410 e. The zero-order chi connectivity index (χ0) is 18.3. The van der Waals surface area contributed by atoms with E-state index in [1.54, 1.807) is 4.90 Å². The number of nitrogens with zero attached hydrogens (tertiary/aromatic N) is 2. The van der Waals surface area contributed by atoms with Gasteiger partial charge in [0.05, 0.1) is 7.11 Å². The molecular weight excluding hydrogens is 314 g/mol. The Kier molecular flexibility index (Phi) is 7.47. The molecule has 0 atom stereocenters. The molecule has 8 nitrogen and oxygen atoms in total. The molecule has 138 valence electrons. The zero-order valence-corrected chi connectivity index (χ0v) is 15.0. The van der Waals surface area contributed by atoms with Crippen molar-refractivity contribution in [1.82, 2.24) is 9.91 Å². The van der Waals surface area contributed by atoms with Crippen LogP contribution in [0.15, 0.2) is 0 Å². The topological polar surface area (TPSA) is 102 Å². The van der Waals surface area contributed by atoms with Crippen LogP contribution in [0.1, 0.15) is 46.5 Å². The summed E-state index contributed by atoms with van der Waals surface area (Å²) in [7, 11) is 1.33. The van der Waals surface area contributed by atoms with Crippen molar-refractivity contribution in [3.8, 4) is 0 Å². The number of hydrogen-bond donors (Lipinski definition) is 1. The van der Waals surface area contributed by atoms with Crippen molar-refractivity contribution in [3.05, 3.63) is 0 Å². The number of carbonyl (C=O) groups is 3. The molecule has 0 unspecified atom stereocenters. The summed E-state index contributed by atoms with van der Waals surface area (Å²) >= 11 is 0. The number of amides is 2. The third-order valence-corrected chi connectivity index (χ3v) is 3.79. The second-order valence-corrected chi connectivity index (χ2v) is 6.95. The maximum atomic E-state index is 12.3. The lowest BCUT2D eigenvalue weighted by atomic mass is 9.96. The highest BCUT2D eigenvalue weighted by Crippen LogP contribution is 2.21. The van der Waals surface area contributed by atoms with Gasteiger partial charge in [0.2, 0.25) is 5.91 Å². The highest BCUT2D eigenvalue weighted by Gasteiger charge is 2.31. The van der Waals surface area contributed by atoms with Gasteiger partial charge >= 0.3 is 12.1 Å². The van der Waals surface area contributed by atoms with E-state index in [0.717, 1.165) is 5.01 Å². The molecule has 1 fully saturated rings. The average Bonchev–Trinajstić information content (AvgIpc) is 2.52. The van der Waals surface area contributed by atoms with Crippen LogP contribution in [0, 0.1) is 5.92 Å². The number of nitrogens with two attached hydrogens (primary N) is 1. The van der Waals surface area contributed by atoms with Crippen molar-refractivity contribution in [1.29, 1.82) is 0 Å². The fraction of sp³-hybridized carbons (Fsp3) is 0.812. The van der Waals surface area contributed by atoms with Gasteiger partial charge < -0.3 is 14.4 Å². The molecule has 0 bridgehead atoms. The molecule has 2 N–H and O–H groups in total. The molecule has 0 aliphatic carbocycles. The fourth-order valence-corrected chi connectivity index (χ4v) is 2.48. The standard InChI is InChI=1S/C16H29N3O5/c1-16(2,3)24-15(22)18-10-7-12(8-11-18)14(21)19(17)9-5-6-13(20)23-4/h12H,5-11,17H2,1-4H3. The van der Waals surface area contributed by atoms with Crippen LogP contribution in [0.4, 0.5) is 4.79 Å². The van der Waals surface area contributed by atoms with Crippen LogP contribution >= 0.6 is 0 Å². The largest absolute Gasteiger partial charge is 0.469 e. The molecule has 1 aliphatic heterocycles. The number of ether oxygens (including phenoxy) is 2. The molecule has 0 radical (unpaired) electrons. The molecule has 8 heteroatoms. The van der Waals surface area contributed by atoms with Gasteiger partial charge in [0.15, 0.2) is 0 Å². The number of methoxy groups -OCH3 is 1. The molecule has 1 rings (SSSR count). The Bertz CT molecular complexity index is 453. The van der Waals surface area contributed by atoms with E-state index in [1.165, 1.54) is 7.11 Å². The molecule has 0 spiro atoms. The van der Waals surface area contributed by atoms with Crippen LogP contribution < -0.4 is 5.84 Å². The number of esters is 1. The minimum atomic E-state index is -0.530. The monoisotopic (exact) mass is 343 g/mol. The van der Waals surface area contributed by atoms with Crippen molar-refractivity contribution in [2.45, 2.75) is 52.1 Å². The highest BCUT2D eigenvalue weighted by molar-refractivity contribution is 5.79. The predicted molar refractivity (Wildman–Crippen MR) is 87.7 cm³/mol. The molecule has 1 aliphatic rings. The van der Waals surface area contributed by atoms with E-state index in [2.05, 4.69) is 4.74 Å². The summed E-state index contributed by atoms with van der Waals surface area (Å²) in [6.07, 6.45) is 1.46. The third kappa shape index (κ3) is 6.74. The number of rotatable bonds is 5. The third-order valence-electron chi connectivity index (χ3n) is 3.79. The molecule has 1 heterocycles. The first-order valence-electron chi connectivity index (χ1n) is 8.25. The summed E-state index contributed by atoms with van der Waals surface area (Å²) in [5, 5.41) is 1.16. The van der Waals surface area contributed by atoms with Crippen molar-refractivity contribution >= 4 is 18.0 Å². The van der Waals surface area contributed by atoms with Crippen LogP contribution in [0.2, 0.25) is 0 Å². The van der Waals surface area contributed by atoms with Gasteiger partial charge in [-0.05, 0) is 40.0 Å². The molecule has 1 saturated heterocycles. The second kappa shape index (κ2) is 8.86. The van der Waals surface area contributed by atoms with Gasteiger partial charge in [-0.2, -0.15) is 0 Å². The van der Waals surface area contributed by atoms with E-state index in [4.69, 9.17) is 10.6 Å². The lowest BCUT2D eigenvalue weighted by Crippen LogP contribution is -2.48. The first-order valence-corrected chi connectivity index (χ1v) is 8.25. The van der Waals surface area contributed by atoms with Crippen LogP contribution in [0.5, 0.6) is 0 Å².